The predicted octanol–water partition coefficient (Wildman–Crippen LogP) is 2.53. The Morgan fingerprint density at radius 1 is 1.50 bits per heavy atom. The zero-order valence-corrected chi connectivity index (χ0v) is 11.2. The Morgan fingerprint density at radius 3 is 2.56 bits per heavy atom. The number of nitrogens with zero attached hydrogens (tertiary/aromatic N) is 2. The molecule has 86 valence electrons. The molecule has 0 saturated carbocycles. The molecule has 1 rings (SSSR count). The number of anilines is 1. The molecule has 0 radical (unpaired) electrons. The average Bonchev–Trinajstić information content (AvgIpc) is 2.14. The van der Waals surface area contributed by atoms with Gasteiger partial charge in [-0.25, -0.2) is 0 Å². The first kappa shape index (κ1) is 13.0. The third kappa shape index (κ3) is 3.51. The summed E-state index contributed by atoms with van der Waals surface area (Å²) in [4.78, 5) is 1.95. The number of likely N-dealkylation sites (N-methyl/N-ethyl adjacent to an activating group) is 1. The molecule has 0 aliphatic heterocycles. The maximum absolute atomic E-state index is 9.73. The molecular formula is C12H15BrN2O. The fraction of sp³-hybridized carbons (Fsp3) is 0.417. The minimum Gasteiger partial charge on any atom is -0.389 e. The van der Waals surface area contributed by atoms with E-state index >= 15 is 0 Å². The maximum Gasteiger partial charge on any atom is 0.0992 e. The summed E-state index contributed by atoms with van der Waals surface area (Å²) in [6, 6.07) is 7.49. The van der Waals surface area contributed by atoms with Crippen molar-refractivity contribution in [2.24, 2.45) is 0 Å². The summed E-state index contributed by atoms with van der Waals surface area (Å²) in [6.07, 6.45) is 0. The first-order valence-corrected chi connectivity index (χ1v) is 5.76. The van der Waals surface area contributed by atoms with Crippen LogP contribution in [0.4, 0.5) is 5.69 Å². The van der Waals surface area contributed by atoms with Crippen molar-refractivity contribution in [1.29, 1.82) is 5.26 Å². The van der Waals surface area contributed by atoms with Gasteiger partial charge in [-0.1, -0.05) is 0 Å². The van der Waals surface area contributed by atoms with Crippen LogP contribution in [0.15, 0.2) is 22.7 Å². The molecule has 0 fully saturated rings. The number of hydrogen-bond acceptors (Lipinski definition) is 3. The Bertz CT molecular complexity index is 418. The van der Waals surface area contributed by atoms with E-state index in [0.717, 1.165) is 10.2 Å². The lowest BCUT2D eigenvalue weighted by Crippen LogP contribution is -2.36. The molecule has 0 aliphatic carbocycles. The van der Waals surface area contributed by atoms with Crippen LogP contribution in [-0.2, 0) is 0 Å². The van der Waals surface area contributed by atoms with Crippen molar-refractivity contribution < 1.29 is 5.11 Å². The van der Waals surface area contributed by atoms with Crippen LogP contribution in [0.3, 0.4) is 0 Å². The van der Waals surface area contributed by atoms with E-state index in [4.69, 9.17) is 5.26 Å². The van der Waals surface area contributed by atoms with Crippen molar-refractivity contribution >= 4 is 21.6 Å². The number of hydrogen-bond donors (Lipinski definition) is 1. The smallest absolute Gasteiger partial charge is 0.0992 e. The molecule has 0 amide bonds. The summed E-state index contributed by atoms with van der Waals surface area (Å²) >= 11 is 3.42. The molecule has 16 heavy (non-hydrogen) atoms. The Balaban J connectivity index is 2.93. The molecule has 1 aromatic carbocycles. The van der Waals surface area contributed by atoms with E-state index in [1.165, 1.54) is 0 Å². The van der Waals surface area contributed by atoms with Crippen LogP contribution in [0, 0.1) is 11.3 Å². The van der Waals surface area contributed by atoms with E-state index < -0.39 is 5.60 Å². The standard InChI is InChI=1S/C12H15BrN2O/c1-12(2,16)8-15(3)11-5-4-9(7-14)6-10(11)13/h4-6,16H,8H2,1-3H3. The van der Waals surface area contributed by atoms with Crippen LogP contribution in [0.5, 0.6) is 0 Å². The molecule has 1 aromatic rings. The van der Waals surface area contributed by atoms with Crippen LogP contribution in [0.25, 0.3) is 0 Å². The molecule has 0 heterocycles. The largest absolute Gasteiger partial charge is 0.389 e. The van der Waals surface area contributed by atoms with Gasteiger partial charge in [0.25, 0.3) is 0 Å². The molecule has 0 aliphatic rings. The lowest BCUT2D eigenvalue weighted by atomic mass is 10.1. The second-order valence-corrected chi connectivity index (χ2v) is 5.30. The molecule has 0 aromatic heterocycles. The van der Waals surface area contributed by atoms with Crippen LogP contribution >= 0.6 is 15.9 Å². The zero-order chi connectivity index (χ0) is 12.3. The third-order valence-electron chi connectivity index (χ3n) is 2.11. The maximum atomic E-state index is 9.73. The number of rotatable bonds is 3. The second-order valence-electron chi connectivity index (χ2n) is 4.45. The zero-order valence-electron chi connectivity index (χ0n) is 9.66. The van der Waals surface area contributed by atoms with Crippen LogP contribution in [0.2, 0.25) is 0 Å². The molecule has 0 unspecified atom stereocenters. The summed E-state index contributed by atoms with van der Waals surface area (Å²) in [6.45, 7) is 4.06. The van der Waals surface area contributed by atoms with Gasteiger partial charge in [0.15, 0.2) is 0 Å². The number of aliphatic hydroxyl groups is 1. The van der Waals surface area contributed by atoms with Gasteiger partial charge in [0.1, 0.15) is 0 Å². The van der Waals surface area contributed by atoms with Crippen molar-refractivity contribution in [1.82, 2.24) is 0 Å². The fourth-order valence-corrected chi connectivity index (χ4v) is 2.23. The fourth-order valence-electron chi connectivity index (χ4n) is 1.55. The summed E-state index contributed by atoms with van der Waals surface area (Å²) in [7, 11) is 1.91. The number of benzene rings is 1. The Kier molecular flexibility index (Phi) is 3.95. The van der Waals surface area contributed by atoms with Crippen molar-refractivity contribution in [2.75, 3.05) is 18.5 Å². The Morgan fingerprint density at radius 2 is 2.12 bits per heavy atom. The quantitative estimate of drug-likeness (QED) is 0.927. The monoisotopic (exact) mass is 282 g/mol. The Hall–Kier alpha value is -1.05. The van der Waals surface area contributed by atoms with Gasteiger partial charge in [-0.15, -0.1) is 0 Å². The van der Waals surface area contributed by atoms with Crippen LogP contribution in [-0.4, -0.2) is 24.3 Å². The molecule has 4 heteroatoms. The van der Waals surface area contributed by atoms with E-state index in [2.05, 4.69) is 22.0 Å². The van der Waals surface area contributed by atoms with Gasteiger partial charge >= 0.3 is 0 Å². The van der Waals surface area contributed by atoms with E-state index in [0.29, 0.717) is 12.1 Å². The number of nitriles is 1. The lowest BCUT2D eigenvalue weighted by molar-refractivity contribution is 0.0886. The highest BCUT2D eigenvalue weighted by Crippen LogP contribution is 2.27. The van der Waals surface area contributed by atoms with E-state index in [-0.39, 0.29) is 0 Å². The molecule has 0 atom stereocenters. The van der Waals surface area contributed by atoms with E-state index in [1.54, 1.807) is 26.0 Å². The van der Waals surface area contributed by atoms with E-state index in [1.807, 2.05) is 18.0 Å². The van der Waals surface area contributed by atoms with Crippen LogP contribution < -0.4 is 4.90 Å². The summed E-state index contributed by atoms with van der Waals surface area (Å²) < 4.78 is 0.860. The highest BCUT2D eigenvalue weighted by atomic mass is 79.9. The van der Waals surface area contributed by atoms with E-state index in [9.17, 15) is 5.11 Å². The molecule has 0 saturated heterocycles. The third-order valence-corrected chi connectivity index (χ3v) is 2.75. The molecule has 0 spiro atoms. The van der Waals surface area contributed by atoms with Gasteiger partial charge in [-0.3, -0.25) is 0 Å². The summed E-state index contributed by atoms with van der Waals surface area (Å²) in [5.74, 6) is 0. The number of halogens is 1. The van der Waals surface area contributed by atoms with Gasteiger partial charge in [0.05, 0.1) is 22.9 Å². The molecule has 0 bridgehead atoms. The minimum absolute atomic E-state index is 0.525. The average molecular weight is 283 g/mol. The Labute approximate surface area is 104 Å². The minimum atomic E-state index is -0.748. The van der Waals surface area contributed by atoms with Gasteiger partial charge in [-0.2, -0.15) is 5.26 Å². The van der Waals surface area contributed by atoms with Gasteiger partial charge < -0.3 is 10.0 Å². The van der Waals surface area contributed by atoms with Gasteiger partial charge in [0, 0.05) is 18.1 Å². The summed E-state index contributed by atoms with van der Waals surface area (Å²) in [5, 5.41) is 18.5. The predicted molar refractivity (Wildman–Crippen MR) is 68.4 cm³/mol. The van der Waals surface area contributed by atoms with Crippen molar-refractivity contribution in [3.05, 3.63) is 28.2 Å². The van der Waals surface area contributed by atoms with Crippen molar-refractivity contribution in [2.45, 2.75) is 19.4 Å². The molecule has 1 N–H and O–H groups in total. The van der Waals surface area contributed by atoms with Crippen molar-refractivity contribution in [3.8, 4) is 6.07 Å². The van der Waals surface area contributed by atoms with Gasteiger partial charge in [0.2, 0.25) is 0 Å². The highest BCUT2D eigenvalue weighted by Gasteiger charge is 2.17. The SMILES string of the molecule is CN(CC(C)(C)O)c1ccc(C#N)cc1Br. The highest BCUT2D eigenvalue weighted by molar-refractivity contribution is 9.10. The normalized spacial score (nSPS) is 11.0. The summed E-state index contributed by atoms with van der Waals surface area (Å²) in [5.41, 5.74) is 0.829. The van der Waals surface area contributed by atoms with Crippen molar-refractivity contribution in [3.63, 3.8) is 0 Å². The first-order chi connectivity index (χ1) is 7.33. The lowest BCUT2D eigenvalue weighted by Gasteiger charge is -2.28. The van der Waals surface area contributed by atoms with Gasteiger partial charge in [-0.05, 0) is 48.0 Å². The second kappa shape index (κ2) is 4.86. The molecular weight excluding hydrogens is 268 g/mol. The van der Waals surface area contributed by atoms with Crippen LogP contribution in [0.1, 0.15) is 19.4 Å². The first-order valence-electron chi connectivity index (χ1n) is 4.96. The molecule has 3 nitrogen and oxygen atoms in total. The topological polar surface area (TPSA) is 47.3 Å².